The Kier molecular flexibility index (Phi) is 8.70. The van der Waals surface area contributed by atoms with Gasteiger partial charge in [0.05, 0.1) is 0 Å². The third-order valence-corrected chi connectivity index (χ3v) is 4.07. The number of unbranched alkanes of at least 4 members (excludes halogenated alkanes) is 3. The van der Waals surface area contributed by atoms with E-state index in [0.717, 1.165) is 5.92 Å². The molecule has 0 aromatic carbocycles. The molecular weight excluding hydrogens is 220 g/mol. The van der Waals surface area contributed by atoms with Crippen molar-refractivity contribution in [3.8, 4) is 0 Å². The molecule has 0 bridgehead atoms. The van der Waals surface area contributed by atoms with E-state index in [4.69, 9.17) is 0 Å². The van der Waals surface area contributed by atoms with Crippen LogP contribution in [0.4, 0.5) is 0 Å². The maximum Gasteiger partial charge on any atom is 0.00388 e. The van der Waals surface area contributed by atoms with E-state index in [1.165, 1.54) is 71.1 Å². The Morgan fingerprint density at radius 3 is 2.44 bits per heavy atom. The lowest BCUT2D eigenvalue weighted by Crippen LogP contribution is -2.35. The van der Waals surface area contributed by atoms with E-state index in [-0.39, 0.29) is 0 Å². The predicted molar refractivity (Wildman–Crippen MR) is 81.1 cm³/mol. The number of hydrogen-bond donors (Lipinski definition) is 1. The molecule has 108 valence electrons. The van der Waals surface area contributed by atoms with Crippen molar-refractivity contribution in [3.63, 3.8) is 0 Å². The first-order chi connectivity index (χ1) is 8.72. The molecule has 0 saturated carbocycles. The van der Waals surface area contributed by atoms with Crippen LogP contribution in [0, 0.1) is 5.92 Å². The fourth-order valence-electron chi connectivity index (χ4n) is 2.85. The van der Waals surface area contributed by atoms with Crippen LogP contribution in [0.3, 0.4) is 0 Å². The SMILES string of the molecule is CCCCCCC(C)NCC(C)CN1CCCC1. The second kappa shape index (κ2) is 9.80. The molecule has 18 heavy (non-hydrogen) atoms. The highest BCUT2D eigenvalue weighted by Gasteiger charge is 2.14. The zero-order valence-corrected chi connectivity index (χ0v) is 12.9. The van der Waals surface area contributed by atoms with Crippen LogP contribution >= 0.6 is 0 Å². The van der Waals surface area contributed by atoms with Gasteiger partial charge in [0.25, 0.3) is 0 Å². The van der Waals surface area contributed by atoms with E-state index in [9.17, 15) is 0 Å². The first kappa shape index (κ1) is 16.0. The summed E-state index contributed by atoms with van der Waals surface area (Å²) in [6.07, 6.45) is 9.71. The van der Waals surface area contributed by atoms with Crippen molar-refractivity contribution >= 4 is 0 Å². The van der Waals surface area contributed by atoms with Gasteiger partial charge in [-0.2, -0.15) is 0 Å². The lowest BCUT2D eigenvalue weighted by Gasteiger charge is -2.22. The van der Waals surface area contributed by atoms with Gasteiger partial charge in [-0.15, -0.1) is 0 Å². The van der Waals surface area contributed by atoms with Crippen molar-refractivity contribution in [2.45, 2.75) is 71.8 Å². The summed E-state index contributed by atoms with van der Waals surface area (Å²) in [5, 5.41) is 3.71. The molecule has 1 fully saturated rings. The van der Waals surface area contributed by atoms with E-state index in [0.29, 0.717) is 6.04 Å². The third kappa shape index (κ3) is 7.38. The maximum atomic E-state index is 3.71. The van der Waals surface area contributed by atoms with E-state index in [2.05, 4.69) is 31.0 Å². The molecule has 1 saturated heterocycles. The van der Waals surface area contributed by atoms with E-state index in [1.807, 2.05) is 0 Å². The Balaban J connectivity index is 1.97. The zero-order valence-electron chi connectivity index (χ0n) is 12.9. The van der Waals surface area contributed by atoms with Gasteiger partial charge in [0.15, 0.2) is 0 Å². The number of hydrogen-bond acceptors (Lipinski definition) is 2. The molecule has 0 radical (unpaired) electrons. The molecule has 1 heterocycles. The Labute approximate surface area is 115 Å². The van der Waals surface area contributed by atoms with Gasteiger partial charge in [-0.05, 0) is 51.7 Å². The van der Waals surface area contributed by atoms with Crippen LogP contribution in [0.5, 0.6) is 0 Å². The van der Waals surface area contributed by atoms with Gasteiger partial charge >= 0.3 is 0 Å². The molecule has 2 heteroatoms. The van der Waals surface area contributed by atoms with Crippen LogP contribution in [-0.2, 0) is 0 Å². The average Bonchev–Trinajstić information content (AvgIpc) is 2.85. The summed E-state index contributed by atoms with van der Waals surface area (Å²) in [7, 11) is 0. The van der Waals surface area contributed by atoms with Gasteiger partial charge in [0, 0.05) is 12.6 Å². The second-order valence-corrected chi connectivity index (χ2v) is 6.27. The molecule has 1 rings (SSSR count). The van der Waals surface area contributed by atoms with E-state index in [1.54, 1.807) is 0 Å². The first-order valence-corrected chi connectivity index (χ1v) is 8.18. The van der Waals surface area contributed by atoms with Gasteiger partial charge in [-0.3, -0.25) is 0 Å². The zero-order chi connectivity index (χ0) is 13.2. The van der Waals surface area contributed by atoms with Crippen LogP contribution in [-0.4, -0.2) is 37.1 Å². The lowest BCUT2D eigenvalue weighted by molar-refractivity contribution is 0.277. The summed E-state index contributed by atoms with van der Waals surface area (Å²) in [5.41, 5.74) is 0. The molecule has 0 amide bonds. The van der Waals surface area contributed by atoms with Crippen molar-refractivity contribution < 1.29 is 0 Å². The highest BCUT2D eigenvalue weighted by molar-refractivity contribution is 4.71. The normalized spacial score (nSPS) is 20.2. The number of nitrogens with zero attached hydrogens (tertiary/aromatic N) is 1. The smallest absolute Gasteiger partial charge is 0.00388 e. The van der Waals surface area contributed by atoms with Crippen LogP contribution in [0.2, 0.25) is 0 Å². The summed E-state index contributed by atoms with van der Waals surface area (Å²) in [5.74, 6) is 0.793. The molecule has 2 atom stereocenters. The quantitative estimate of drug-likeness (QED) is 0.598. The highest BCUT2D eigenvalue weighted by atomic mass is 15.1. The molecule has 0 aromatic heterocycles. The summed E-state index contributed by atoms with van der Waals surface area (Å²) in [6.45, 7) is 12.1. The molecule has 2 unspecified atom stereocenters. The molecule has 2 nitrogen and oxygen atoms in total. The fourth-order valence-corrected chi connectivity index (χ4v) is 2.85. The van der Waals surface area contributed by atoms with Gasteiger partial charge in [0.2, 0.25) is 0 Å². The largest absolute Gasteiger partial charge is 0.314 e. The number of nitrogens with one attached hydrogen (secondary N) is 1. The van der Waals surface area contributed by atoms with Crippen LogP contribution < -0.4 is 5.32 Å². The third-order valence-electron chi connectivity index (χ3n) is 4.07. The van der Waals surface area contributed by atoms with Gasteiger partial charge in [0.1, 0.15) is 0 Å². The minimum absolute atomic E-state index is 0.697. The van der Waals surface area contributed by atoms with Crippen molar-refractivity contribution in [3.05, 3.63) is 0 Å². The number of rotatable bonds is 10. The molecule has 1 N–H and O–H groups in total. The summed E-state index contributed by atoms with van der Waals surface area (Å²) in [4.78, 5) is 2.62. The average molecular weight is 254 g/mol. The lowest BCUT2D eigenvalue weighted by atomic mass is 10.1. The molecule has 0 aromatic rings. The van der Waals surface area contributed by atoms with Crippen LogP contribution in [0.15, 0.2) is 0 Å². The van der Waals surface area contributed by atoms with Crippen molar-refractivity contribution in [2.75, 3.05) is 26.2 Å². The minimum atomic E-state index is 0.697. The van der Waals surface area contributed by atoms with E-state index < -0.39 is 0 Å². The summed E-state index contributed by atoms with van der Waals surface area (Å²) >= 11 is 0. The molecule has 1 aliphatic rings. The standard InChI is InChI=1S/C16H34N2/c1-4-5-6-7-10-16(3)17-13-15(2)14-18-11-8-9-12-18/h15-17H,4-14H2,1-3H3. The minimum Gasteiger partial charge on any atom is -0.314 e. The van der Waals surface area contributed by atoms with Gasteiger partial charge in [-0.25, -0.2) is 0 Å². The van der Waals surface area contributed by atoms with Crippen molar-refractivity contribution in [2.24, 2.45) is 5.92 Å². The molecular formula is C16H34N2. The molecule has 1 aliphatic heterocycles. The van der Waals surface area contributed by atoms with Crippen molar-refractivity contribution in [1.82, 2.24) is 10.2 Å². The summed E-state index contributed by atoms with van der Waals surface area (Å²) in [6, 6.07) is 0.697. The Bertz CT molecular complexity index is 188. The second-order valence-electron chi connectivity index (χ2n) is 6.27. The maximum absolute atomic E-state index is 3.71. The topological polar surface area (TPSA) is 15.3 Å². The monoisotopic (exact) mass is 254 g/mol. The Hall–Kier alpha value is -0.0800. The number of likely N-dealkylation sites (tertiary alicyclic amines) is 1. The summed E-state index contributed by atoms with van der Waals surface area (Å²) < 4.78 is 0. The van der Waals surface area contributed by atoms with E-state index >= 15 is 0 Å². The van der Waals surface area contributed by atoms with Crippen LogP contribution in [0.25, 0.3) is 0 Å². The first-order valence-electron chi connectivity index (χ1n) is 8.18. The fraction of sp³-hybridized carbons (Fsp3) is 1.00. The van der Waals surface area contributed by atoms with Gasteiger partial charge < -0.3 is 10.2 Å². The van der Waals surface area contributed by atoms with Crippen LogP contribution in [0.1, 0.15) is 65.7 Å². The molecule has 0 spiro atoms. The predicted octanol–water partition coefficient (Wildman–Crippen LogP) is 3.67. The Morgan fingerprint density at radius 2 is 1.78 bits per heavy atom. The highest BCUT2D eigenvalue weighted by Crippen LogP contribution is 2.10. The Morgan fingerprint density at radius 1 is 1.06 bits per heavy atom. The molecule has 0 aliphatic carbocycles. The van der Waals surface area contributed by atoms with Gasteiger partial charge in [-0.1, -0.05) is 39.5 Å². The van der Waals surface area contributed by atoms with Crippen molar-refractivity contribution in [1.29, 1.82) is 0 Å².